The molecule has 1 heterocycles. The third-order valence-corrected chi connectivity index (χ3v) is 4.17. The summed E-state index contributed by atoms with van der Waals surface area (Å²) in [6.07, 6.45) is 0.284. The highest BCUT2D eigenvalue weighted by molar-refractivity contribution is 6.31. The van der Waals surface area contributed by atoms with Gasteiger partial charge in [0.25, 0.3) is 0 Å². The van der Waals surface area contributed by atoms with Crippen LogP contribution in [0, 0.1) is 12.7 Å². The minimum Gasteiger partial charge on any atom is -0.459 e. The fourth-order valence-corrected chi connectivity index (χ4v) is 2.85. The lowest BCUT2D eigenvalue weighted by Crippen LogP contribution is -1.98. The van der Waals surface area contributed by atoms with Gasteiger partial charge < -0.3 is 4.42 Å². The van der Waals surface area contributed by atoms with Crippen LogP contribution in [0.3, 0.4) is 0 Å². The standard InChI is InChI=1S/C17H13Cl2FO/c1-10-5-6-16-11(7-10)8-17(21-16)14(19)9-12-13(18)3-2-4-15(12)20/h2-8,14H,9H2,1H3. The molecule has 4 heteroatoms. The van der Waals surface area contributed by atoms with Crippen molar-refractivity contribution in [3.05, 3.63) is 70.2 Å². The first-order valence-electron chi connectivity index (χ1n) is 6.61. The summed E-state index contributed by atoms with van der Waals surface area (Å²) >= 11 is 12.4. The van der Waals surface area contributed by atoms with Crippen LogP contribution >= 0.6 is 23.2 Å². The number of rotatable bonds is 3. The zero-order valence-electron chi connectivity index (χ0n) is 11.4. The van der Waals surface area contributed by atoms with E-state index in [-0.39, 0.29) is 12.2 Å². The van der Waals surface area contributed by atoms with E-state index in [2.05, 4.69) is 0 Å². The molecule has 0 aliphatic rings. The summed E-state index contributed by atoms with van der Waals surface area (Å²) in [7, 11) is 0. The second-order valence-electron chi connectivity index (χ2n) is 5.06. The van der Waals surface area contributed by atoms with Crippen molar-refractivity contribution in [2.75, 3.05) is 0 Å². The molecule has 0 bridgehead atoms. The van der Waals surface area contributed by atoms with Crippen molar-refractivity contribution >= 4 is 34.2 Å². The van der Waals surface area contributed by atoms with E-state index in [1.54, 1.807) is 12.1 Å². The molecule has 0 aliphatic heterocycles. The maximum atomic E-state index is 13.8. The summed E-state index contributed by atoms with van der Waals surface area (Å²) in [5.74, 6) is 0.275. The van der Waals surface area contributed by atoms with Crippen LogP contribution in [0.1, 0.15) is 22.3 Å². The van der Waals surface area contributed by atoms with E-state index in [0.717, 1.165) is 16.5 Å². The number of hydrogen-bond acceptors (Lipinski definition) is 1. The van der Waals surface area contributed by atoms with Gasteiger partial charge in [0, 0.05) is 22.4 Å². The number of hydrogen-bond donors (Lipinski definition) is 0. The maximum absolute atomic E-state index is 13.8. The predicted molar refractivity (Wildman–Crippen MR) is 84.7 cm³/mol. The van der Waals surface area contributed by atoms with Crippen molar-refractivity contribution in [2.45, 2.75) is 18.7 Å². The Balaban J connectivity index is 1.91. The fourth-order valence-electron chi connectivity index (χ4n) is 2.34. The van der Waals surface area contributed by atoms with E-state index in [1.807, 2.05) is 31.2 Å². The SMILES string of the molecule is Cc1ccc2oc(C(Cl)Cc3c(F)cccc3Cl)cc2c1. The van der Waals surface area contributed by atoms with Crippen molar-refractivity contribution < 1.29 is 8.81 Å². The average molecular weight is 323 g/mol. The highest BCUT2D eigenvalue weighted by atomic mass is 35.5. The normalized spacial score (nSPS) is 12.8. The Labute approximate surface area is 132 Å². The van der Waals surface area contributed by atoms with E-state index in [4.69, 9.17) is 27.6 Å². The van der Waals surface area contributed by atoms with Gasteiger partial charge in [0.1, 0.15) is 17.2 Å². The van der Waals surface area contributed by atoms with Crippen LogP contribution in [0.2, 0.25) is 5.02 Å². The topological polar surface area (TPSA) is 13.1 Å². The van der Waals surface area contributed by atoms with Gasteiger partial charge in [0.2, 0.25) is 0 Å². The molecule has 1 unspecified atom stereocenters. The van der Waals surface area contributed by atoms with Gasteiger partial charge in [0.05, 0.1) is 5.38 Å². The molecule has 0 fully saturated rings. The van der Waals surface area contributed by atoms with Crippen molar-refractivity contribution in [1.82, 2.24) is 0 Å². The Morgan fingerprint density at radius 1 is 1.19 bits per heavy atom. The molecule has 3 rings (SSSR count). The Hall–Kier alpha value is -1.51. The van der Waals surface area contributed by atoms with Crippen molar-refractivity contribution in [3.63, 3.8) is 0 Å². The van der Waals surface area contributed by atoms with Gasteiger partial charge in [-0.1, -0.05) is 29.3 Å². The van der Waals surface area contributed by atoms with Crippen molar-refractivity contribution in [3.8, 4) is 0 Å². The number of alkyl halides is 1. The van der Waals surface area contributed by atoms with Crippen LogP contribution in [0.15, 0.2) is 46.9 Å². The van der Waals surface area contributed by atoms with Gasteiger partial charge in [-0.2, -0.15) is 0 Å². The second kappa shape index (κ2) is 5.70. The Bertz CT molecular complexity index is 774. The molecule has 108 valence electrons. The monoisotopic (exact) mass is 322 g/mol. The fraction of sp³-hybridized carbons (Fsp3) is 0.176. The van der Waals surface area contributed by atoms with E-state index in [1.165, 1.54) is 6.07 Å². The van der Waals surface area contributed by atoms with Gasteiger partial charge in [-0.3, -0.25) is 0 Å². The largest absolute Gasteiger partial charge is 0.459 e. The van der Waals surface area contributed by atoms with Crippen molar-refractivity contribution in [2.24, 2.45) is 0 Å². The van der Waals surface area contributed by atoms with Crippen LogP contribution in [-0.2, 0) is 6.42 Å². The molecule has 0 saturated carbocycles. The Morgan fingerprint density at radius 2 is 2.00 bits per heavy atom. The van der Waals surface area contributed by atoms with Crippen LogP contribution in [0.4, 0.5) is 4.39 Å². The third kappa shape index (κ3) is 2.92. The van der Waals surface area contributed by atoms with Crippen LogP contribution < -0.4 is 0 Å². The molecule has 1 nitrogen and oxygen atoms in total. The lowest BCUT2D eigenvalue weighted by atomic mass is 10.1. The van der Waals surface area contributed by atoms with Crippen molar-refractivity contribution in [1.29, 1.82) is 0 Å². The van der Waals surface area contributed by atoms with E-state index < -0.39 is 5.38 Å². The predicted octanol–water partition coefficient (Wildman–Crippen LogP) is 6.06. The highest BCUT2D eigenvalue weighted by Crippen LogP contribution is 2.33. The molecule has 0 N–H and O–H groups in total. The first kappa shape index (κ1) is 14.4. The maximum Gasteiger partial charge on any atom is 0.134 e. The first-order valence-corrected chi connectivity index (χ1v) is 7.43. The lowest BCUT2D eigenvalue weighted by Gasteiger charge is -2.09. The summed E-state index contributed by atoms with van der Waals surface area (Å²) in [4.78, 5) is 0. The number of furan rings is 1. The third-order valence-electron chi connectivity index (χ3n) is 3.44. The molecule has 3 aromatic rings. The van der Waals surface area contributed by atoms with E-state index >= 15 is 0 Å². The summed E-state index contributed by atoms with van der Waals surface area (Å²) < 4.78 is 19.5. The number of aryl methyl sites for hydroxylation is 1. The number of halogens is 3. The van der Waals surface area contributed by atoms with Crippen LogP contribution in [0.5, 0.6) is 0 Å². The van der Waals surface area contributed by atoms with E-state index in [9.17, 15) is 4.39 Å². The molecule has 0 radical (unpaired) electrons. The number of benzene rings is 2. The van der Waals surface area contributed by atoms with Gasteiger partial charge >= 0.3 is 0 Å². The highest BCUT2D eigenvalue weighted by Gasteiger charge is 2.18. The summed E-state index contributed by atoms with van der Waals surface area (Å²) in [5, 5.41) is 0.912. The van der Waals surface area contributed by atoms with Gasteiger partial charge in [-0.15, -0.1) is 11.6 Å². The minimum absolute atomic E-state index is 0.284. The molecule has 1 atom stereocenters. The smallest absolute Gasteiger partial charge is 0.134 e. The summed E-state index contributed by atoms with van der Waals surface area (Å²) in [5.41, 5.74) is 2.34. The zero-order valence-corrected chi connectivity index (χ0v) is 12.9. The van der Waals surface area contributed by atoms with E-state index in [0.29, 0.717) is 16.3 Å². The zero-order chi connectivity index (χ0) is 15.0. The van der Waals surface area contributed by atoms with Gasteiger partial charge in [0.15, 0.2) is 0 Å². The van der Waals surface area contributed by atoms with Gasteiger partial charge in [-0.05, 0) is 37.3 Å². The molecule has 0 spiro atoms. The molecule has 2 aromatic carbocycles. The Morgan fingerprint density at radius 3 is 2.76 bits per heavy atom. The molecule has 21 heavy (non-hydrogen) atoms. The van der Waals surface area contributed by atoms with Crippen LogP contribution in [0.25, 0.3) is 11.0 Å². The first-order chi connectivity index (χ1) is 10.0. The minimum atomic E-state index is -0.466. The average Bonchev–Trinajstić information content (AvgIpc) is 2.86. The lowest BCUT2D eigenvalue weighted by molar-refractivity contribution is 0.533. The van der Waals surface area contributed by atoms with Crippen LogP contribution in [-0.4, -0.2) is 0 Å². The summed E-state index contributed by atoms with van der Waals surface area (Å²) in [6, 6.07) is 12.4. The second-order valence-corrected chi connectivity index (χ2v) is 6.00. The quantitative estimate of drug-likeness (QED) is 0.534. The van der Waals surface area contributed by atoms with Gasteiger partial charge in [-0.25, -0.2) is 4.39 Å². The summed E-state index contributed by atoms with van der Waals surface area (Å²) in [6.45, 7) is 2.02. The molecular weight excluding hydrogens is 310 g/mol. The molecule has 0 aliphatic carbocycles. The molecule has 0 amide bonds. The number of fused-ring (bicyclic) bond motifs is 1. The molecule has 0 saturated heterocycles. The molecular formula is C17H13Cl2FO. The molecule has 1 aromatic heterocycles. The Kier molecular flexibility index (Phi) is 3.92.